The van der Waals surface area contributed by atoms with E-state index in [1.807, 2.05) is 4.90 Å². The van der Waals surface area contributed by atoms with E-state index in [0.717, 1.165) is 32.2 Å². The monoisotopic (exact) mass is 317 g/mol. The van der Waals surface area contributed by atoms with Crippen LogP contribution in [0.25, 0.3) is 0 Å². The van der Waals surface area contributed by atoms with E-state index in [0.29, 0.717) is 30.6 Å². The highest BCUT2D eigenvalue weighted by Crippen LogP contribution is 2.11. The van der Waals surface area contributed by atoms with Gasteiger partial charge in [0.1, 0.15) is 0 Å². The summed E-state index contributed by atoms with van der Waals surface area (Å²) in [6, 6.07) is 6.22. The van der Waals surface area contributed by atoms with Crippen LogP contribution in [0.1, 0.15) is 52.8 Å². The molecule has 3 N–H and O–H groups in total. The van der Waals surface area contributed by atoms with E-state index < -0.39 is 5.91 Å². The molecule has 1 aliphatic rings. The van der Waals surface area contributed by atoms with E-state index in [1.165, 1.54) is 12.1 Å². The molecule has 0 spiro atoms. The van der Waals surface area contributed by atoms with Crippen LogP contribution in [-0.2, 0) is 4.79 Å². The maximum Gasteiger partial charge on any atom is 0.251 e. The number of nitrogens with one attached hydrogen (secondary N) is 1. The van der Waals surface area contributed by atoms with Gasteiger partial charge in [0, 0.05) is 37.2 Å². The van der Waals surface area contributed by atoms with Gasteiger partial charge in [0.15, 0.2) is 0 Å². The predicted molar refractivity (Wildman–Crippen MR) is 87.0 cm³/mol. The summed E-state index contributed by atoms with van der Waals surface area (Å²) in [5, 5.41) is 2.82. The lowest BCUT2D eigenvalue weighted by molar-refractivity contribution is -0.130. The van der Waals surface area contributed by atoms with Crippen molar-refractivity contribution in [1.29, 1.82) is 0 Å². The molecular weight excluding hydrogens is 294 g/mol. The average molecular weight is 317 g/mol. The molecule has 1 heterocycles. The van der Waals surface area contributed by atoms with E-state index in [4.69, 9.17) is 5.73 Å². The molecule has 23 heavy (non-hydrogen) atoms. The molecule has 1 saturated heterocycles. The van der Waals surface area contributed by atoms with Gasteiger partial charge < -0.3 is 16.0 Å². The Bertz CT molecular complexity index is 569. The fraction of sp³-hybridized carbons (Fsp3) is 0.471. The third kappa shape index (κ3) is 5.09. The minimum atomic E-state index is -0.515. The first-order valence-corrected chi connectivity index (χ1v) is 8.04. The van der Waals surface area contributed by atoms with E-state index in [9.17, 15) is 14.4 Å². The van der Waals surface area contributed by atoms with Crippen molar-refractivity contribution in [2.75, 3.05) is 19.6 Å². The molecule has 0 radical (unpaired) electrons. The van der Waals surface area contributed by atoms with Gasteiger partial charge in [-0.3, -0.25) is 14.4 Å². The van der Waals surface area contributed by atoms with Crippen LogP contribution >= 0.6 is 0 Å². The van der Waals surface area contributed by atoms with Crippen molar-refractivity contribution in [2.24, 2.45) is 5.73 Å². The Morgan fingerprint density at radius 3 is 2.48 bits per heavy atom. The van der Waals surface area contributed by atoms with E-state index in [-0.39, 0.29) is 11.8 Å². The van der Waals surface area contributed by atoms with Crippen LogP contribution in [0.4, 0.5) is 0 Å². The molecule has 6 heteroatoms. The van der Waals surface area contributed by atoms with E-state index in [1.54, 1.807) is 12.1 Å². The SMILES string of the molecule is NC(=O)c1ccc(C(=O)NCCCN2CCCCCC2=O)cc1. The second-order valence-electron chi connectivity index (χ2n) is 5.74. The quantitative estimate of drug-likeness (QED) is 0.775. The normalized spacial score (nSPS) is 15.1. The minimum absolute atomic E-state index is 0.191. The molecule has 0 aliphatic carbocycles. The number of benzene rings is 1. The zero-order valence-corrected chi connectivity index (χ0v) is 13.2. The number of likely N-dealkylation sites (tertiary alicyclic amines) is 1. The van der Waals surface area contributed by atoms with Crippen LogP contribution < -0.4 is 11.1 Å². The third-order valence-corrected chi connectivity index (χ3v) is 3.99. The van der Waals surface area contributed by atoms with Gasteiger partial charge in [-0.15, -0.1) is 0 Å². The fourth-order valence-electron chi connectivity index (χ4n) is 2.63. The number of carbonyl (C=O) groups is 3. The molecule has 2 rings (SSSR count). The van der Waals surface area contributed by atoms with Crippen molar-refractivity contribution in [2.45, 2.75) is 32.1 Å². The summed E-state index contributed by atoms with van der Waals surface area (Å²) in [6.07, 6.45) is 4.52. The summed E-state index contributed by atoms with van der Waals surface area (Å²) >= 11 is 0. The Morgan fingerprint density at radius 1 is 1.09 bits per heavy atom. The molecule has 3 amide bonds. The lowest BCUT2D eigenvalue weighted by atomic mass is 10.1. The molecule has 0 aromatic heterocycles. The van der Waals surface area contributed by atoms with Crippen molar-refractivity contribution < 1.29 is 14.4 Å². The summed E-state index contributed by atoms with van der Waals surface area (Å²) < 4.78 is 0. The van der Waals surface area contributed by atoms with Crippen molar-refractivity contribution in [3.63, 3.8) is 0 Å². The number of amides is 3. The van der Waals surface area contributed by atoms with Crippen LogP contribution in [0.3, 0.4) is 0 Å². The number of nitrogens with zero attached hydrogens (tertiary/aromatic N) is 1. The molecule has 0 saturated carbocycles. The molecule has 1 aliphatic heterocycles. The van der Waals surface area contributed by atoms with Gasteiger partial charge in [-0.05, 0) is 43.5 Å². The van der Waals surface area contributed by atoms with Gasteiger partial charge in [-0.1, -0.05) is 6.42 Å². The van der Waals surface area contributed by atoms with Crippen molar-refractivity contribution in [3.05, 3.63) is 35.4 Å². The van der Waals surface area contributed by atoms with Crippen molar-refractivity contribution in [3.8, 4) is 0 Å². The number of hydrogen-bond acceptors (Lipinski definition) is 3. The zero-order chi connectivity index (χ0) is 16.7. The Kier molecular flexibility index (Phi) is 6.14. The zero-order valence-electron chi connectivity index (χ0n) is 13.2. The Morgan fingerprint density at radius 2 is 1.78 bits per heavy atom. The van der Waals surface area contributed by atoms with Gasteiger partial charge in [0.2, 0.25) is 11.8 Å². The first-order chi connectivity index (χ1) is 11.1. The van der Waals surface area contributed by atoms with Gasteiger partial charge in [0.05, 0.1) is 0 Å². The standard InChI is InChI=1S/C17H23N3O3/c18-16(22)13-6-8-14(9-7-13)17(23)19-10-4-12-20-11-3-1-2-5-15(20)21/h6-9H,1-5,10-12H2,(H2,18,22)(H,19,23). The number of nitrogens with two attached hydrogens (primary N) is 1. The molecule has 1 aromatic carbocycles. The molecule has 1 fully saturated rings. The number of carbonyl (C=O) groups excluding carboxylic acids is 3. The maximum absolute atomic E-state index is 12.0. The van der Waals surface area contributed by atoms with Gasteiger partial charge in [0.25, 0.3) is 5.91 Å². The lowest BCUT2D eigenvalue weighted by Gasteiger charge is -2.20. The summed E-state index contributed by atoms with van der Waals surface area (Å²) in [6.45, 7) is 2.02. The predicted octanol–water partition coefficient (Wildman–Crippen LogP) is 1.31. The third-order valence-electron chi connectivity index (χ3n) is 3.99. The Labute approximate surface area is 136 Å². The summed E-state index contributed by atoms with van der Waals surface area (Å²) in [7, 11) is 0. The molecule has 0 atom stereocenters. The highest BCUT2D eigenvalue weighted by atomic mass is 16.2. The van der Waals surface area contributed by atoms with Gasteiger partial charge >= 0.3 is 0 Å². The molecule has 0 unspecified atom stereocenters. The molecular formula is C17H23N3O3. The number of primary amides is 1. The first-order valence-electron chi connectivity index (χ1n) is 8.04. The first kappa shape index (κ1) is 17.0. The van der Waals surface area contributed by atoms with Crippen molar-refractivity contribution in [1.82, 2.24) is 10.2 Å². The Hall–Kier alpha value is -2.37. The molecule has 1 aromatic rings. The summed E-state index contributed by atoms with van der Waals surface area (Å²) in [4.78, 5) is 36.7. The second-order valence-corrected chi connectivity index (χ2v) is 5.74. The average Bonchev–Trinajstić information content (AvgIpc) is 2.76. The van der Waals surface area contributed by atoms with Gasteiger partial charge in [-0.25, -0.2) is 0 Å². The van der Waals surface area contributed by atoms with Crippen LogP contribution in [0, 0.1) is 0 Å². The Balaban J connectivity index is 1.74. The number of hydrogen-bond donors (Lipinski definition) is 2. The smallest absolute Gasteiger partial charge is 0.251 e. The maximum atomic E-state index is 12.0. The topological polar surface area (TPSA) is 92.5 Å². The summed E-state index contributed by atoms with van der Waals surface area (Å²) in [5.74, 6) is -0.488. The second kappa shape index (κ2) is 8.31. The van der Waals surface area contributed by atoms with Crippen molar-refractivity contribution >= 4 is 17.7 Å². The minimum Gasteiger partial charge on any atom is -0.366 e. The fourth-order valence-corrected chi connectivity index (χ4v) is 2.63. The summed E-state index contributed by atoms with van der Waals surface area (Å²) in [5.41, 5.74) is 6.02. The van der Waals surface area contributed by atoms with Crippen LogP contribution in [0.15, 0.2) is 24.3 Å². The lowest BCUT2D eigenvalue weighted by Crippen LogP contribution is -2.34. The van der Waals surface area contributed by atoms with Crippen LogP contribution in [-0.4, -0.2) is 42.3 Å². The van der Waals surface area contributed by atoms with Crippen LogP contribution in [0.5, 0.6) is 0 Å². The van der Waals surface area contributed by atoms with Crippen LogP contribution in [0.2, 0.25) is 0 Å². The molecule has 0 bridgehead atoms. The van der Waals surface area contributed by atoms with E-state index >= 15 is 0 Å². The number of rotatable bonds is 6. The molecule has 124 valence electrons. The highest BCUT2D eigenvalue weighted by Gasteiger charge is 2.15. The molecule has 6 nitrogen and oxygen atoms in total. The van der Waals surface area contributed by atoms with Gasteiger partial charge in [-0.2, -0.15) is 0 Å². The largest absolute Gasteiger partial charge is 0.366 e. The van der Waals surface area contributed by atoms with E-state index in [2.05, 4.69) is 5.32 Å². The highest BCUT2D eigenvalue weighted by molar-refractivity contribution is 5.97.